The van der Waals surface area contributed by atoms with Crippen molar-refractivity contribution in [2.75, 3.05) is 26.8 Å². The number of pyridine rings is 2. The number of benzene rings is 1. The zero-order valence-electron chi connectivity index (χ0n) is 16.2. The Bertz CT molecular complexity index is 1170. The Kier molecular flexibility index (Phi) is 6.39. The Morgan fingerprint density at radius 3 is 2.73 bits per heavy atom. The number of carbonyl (C=O) groups is 1. The molecule has 0 unspecified atom stereocenters. The third-order valence-electron chi connectivity index (χ3n) is 4.53. The van der Waals surface area contributed by atoms with E-state index >= 15 is 0 Å². The number of aromatic hydroxyl groups is 1. The predicted octanol–water partition coefficient (Wildman–Crippen LogP) is 1.97. The number of aromatic amines is 1. The third kappa shape index (κ3) is 4.45. The molecule has 0 radical (unpaired) electrons. The molecule has 0 spiro atoms. The van der Waals surface area contributed by atoms with Crippen molar-refractivity contribution in [1.82, 2.24) is 14.9 Å². The van der Waals surface area contributed by atoms with Gasteiger partial charge in [0, 0.05) is 19.9 Å². The Morgan fingerprint density at radius 1 is 1.33 bits per heavy atom. The maximum atomic E-state index is 13.1. The van der Waals surface area contributed by atoms with E-state index < -0.39 is 22.8 Å². The number of hydrogen-bond donors (Lipinski definition) is 2. The van der Waals surface area contributed by atoms with Crippen molar-refractivity contribution in [3.63, 3.8) is 0 Å². The molecule has 0 aliphatic heterocycles. The van der Waals surface area contributed by atoms with Crippen LogP contribution in [0.3, 0.4) is 0 Å². The number of methoxy groups -OCH3 is 1. The molecule has 8 nitrogen and oxygen atoms in total. The molecule has 0 fully saturated rings. The highest BCUT2D eigenvalue weighted by Crippen LogP contribution is 2.25. The van der Waals surface area contributed by atoms with Crippen LogP contribution in [-0.4, -0.2) is 52.7 Å². The number of aromatic nitrogens is 2. The lowest BCUT2D eigenvalue weighted by molar-refractivity contribution is 0.0716. The molecule has 2 N–H and O–H groups in total. The SMILES string of the molecule is COCCN(CC#N)C(=O)c1c(O)c2ncc(Cc3ccc(F)cc3)cc2[nH]c1=O. The zero-order chi connectivity index (χ0) is 21.7. The molecule has 154 valence electrons. The first-order valence-corrected chi connectivity index (χ1v) is 9.08. The van der Waals surface area contributed by atoms with Crippen molar-refractivity contribution in [3.05, 3.63) is 69.4 Å². The molecule has 2 heterocycles. The van der Waals surface area contributed by atoms with Crippen LogP contribution in [0.1, 0.15) is 21.5 Å². The van der Waals surface area contributed by atoms with Crippen LogP contribution < -0.4 is 5.56 Å². The fraction of sp³-hybridized carbons (Fsp3) is 0.238. The van der Waals surface area contributed by atoms with Gasteiger partial charge in [-0.2, -0.15) is 5.26 Å². The van der Waals surface area contributed by atoms with Gasteiger partial charge in [-0.05, 0) is 35.7 Å². The smallest absolute Gasteiger partial charge is 0.265 e. The van der Waals surface area contributed by atoms with E-state index in [9.17, 15) is 19.1 Å². The summed E-state index contributed by atoms with van der Waals surface area (Å²) in [5, 5.41) is 19.5. The minimum atomic E-state index is -0.786. The van der Waals surface area contributed by atoms with E-state index in [0.29, 0.717) is 6.42 Å². The first-order valence-electron chi connectivity index (χ1n) is 9.08. The second-order valence-electron chi connectivity index (χ2n) is 6.60. The van der Waals surface area contributed by atoms with Gasteiger partial charge in [-0.15, -0.1) is 0 Å². The lowest BCUT2D eigenvalue weighted by Crippen LogP contribution is -2.37. The number of amides is 1. The minimum absolute atomic E-state index is 0.0597. The number of hydrogen-bond acceptors (Lipinski definition) is 6. The molecule has 30 heavy (non-hydrogen) atoms. The highest BCUT2D eigenvalue weighted by molar-refractivity contribution is 6.01. The Morgan fingerprint density at radius 2 is 2.07 bits per heavy atom. The number of ether oxygens (including phenoxy) is 1. The molecule has 3 aromatic rings. The van der Waals surface area contributed by atoms with Gasteiger partial charge in [0.1, 0.15) is 23.4 Å². The summed E-state index contributed by atoms with van der Waals surface area (Å²) in [7, 11) is 1.45. The lowest BCUT2D eigenvalue weighted by Gasteiger charge is -2.19. The molecule has 1 aromatic carbocycles. The first kappa shape index (κ1) is 21.0. The number of nitrogens with one attached hydrogen (secondary N) is 1. The highest BCUT2D eigenvalue weighted by atomic mass is 19.1. The number of fused-ring (bicyclic) bond motifs is 1. The Hall–Kier alpha value is -3.77. The molecule has 2 aromatic heterocycles. The number of H-pyrrole nitrogens is 1. The molecular weight excluding hydrogens is 391 g/mol. The summed E-state index contributed by atoms with van der Waals surface area (Å²) in [6.45, 7) is -0.00232. The van der Waals surface area contributed by atoms with Crippen LogP contribution >= 0.6 is 0 Å². The second kappa shape index (κ2) is 9.15. The van der Waals surface area contributed by atoms with Crippen molar-refractivity contribution in [2.45, 2.75) is 6.42 Å². The molecule has 0 saturated carbocycles. The van der Waals surface area contributed by atoms with Crippen molar-refractivity contribution in [3.8, 4) is 11.8 Å². The fourth-order valence-corrected chi connectivity index (χ4v) is 3.03. The fourth-order valence-electron chi connectivity index (χ4n) is 3.03. The van der Waals surface area contributed by atoms with Crippen molar-refractivity contribution in [2.24, 2.45) is 0 Å². The van der Waals surface area contributed by atoms with Crippen LogP contribution in [0.5, 0.6) is 5.75 Å². The van der Waals surface area contributed by atoms with E-state index in [0.717, 1.165) is 16.0 Å². The summed E-state index contributed by atoms with van der Waals surface area (Å²) in [6.07, 6.45) is 1.95. The van der Waals surface area contributed by atoms with Crippen LogP contribution in [-0.2, 0) is 11.2 Å². The summed E-state index contributed by atoms with van der Waals surface area (Å²) in [6, 6.07) is 9.49. The van der Waals surface area contributed by atoms with Crippen LogP contribution in [0, 0.1) is 17.1 Å². The second-order valence-corrected chi connectivity index (χ2v) is 6.60. The average molecular weight is 410 g/mol. The van der Waals surface area contributed by atoms with Gasteiger partial charge in [0.15, 0.2) is 5.75 Å². The lowest BCUT2D eigenvalue weighted by atomic mass is 10.1. The largest absolute Gasteiger partial charge is 0.505 e. The number of nitrogens with zero attached hydrogens (tertiary/aromatic N) is 3. The van der Waals surface area contributed by atoms with E-state index in [2.05, 4.69) is 9.97 Å². The summed E-state index contributed by atoms with van der Waals surface area (Å²) in [5.74, 6) is -1.67. The van der Waals surface area contributed by atoms with E-state index in [1.165, 1.54) is 25.4 Å². The highest BCUT2D eigenvalue weighted by Gasteiger charge is 2.25. The zero-order valence-corrected chi connectivity index (χ0v) is 16.2. The Labute approximate surface area is 171 Å². The third-order valence-corrected chi connectivity index (χ3v) is 4.53. The topological polar surface area (TPSA) is 119 Å². The van der Waals surface area contributed by atoms with Gasteiger partial charge >= 0.3 is 0 Å². The van der Waals surface area contributed by atoms with Crippen LogP contribution in [0.2, 0.25) is 0 Å². The molecule has 0 bridgehead atoms. The normalized spacial score (nSPS) is 10.7. The molecule has 9 heteroatoms. The first-order chi connectivity index (χ1) is 14.4. The molecule has 0 aliphatic carbocycles. The molecular formula is C21H19FN4O4. The van der Waals surface area contributed by atoms with Gasteiger partial charge in [-0.3, -0.25) is 14.6 Å². The molecule has 0 atom stereocenters. The van der Waals surface area contributed by atoms with Gasteiger partial charge in [-0.1, -0.05) is 12.1 Å². The standard InChI is InChI=1S/C21H19FN4O4/c1-30-9-8-26(7-6-23)21(29)17-19(27)18-16(25-20(17)28)11-14(12-24-18)10-13-2-4-15(22)5-3-13/h2-5,11-12H,7-10H2,1H3,(H2,25,27,28). The maximum absolute atomic E-state index is 13.1. The van der Waals surface area contributed by atoms with Crippen LogP contribution in [0.4, 0.5) is 4.39 Å². The molecule has 0 aliphatic rings. The summed E-state index contributed by atoms with van der Waals surface area (Å²) in [4.78, 5) is 33.2. The van der Waals surface area contributed by atoms with Gasteiger partial charge in [0.25, 0.3) is 11.5 Å². The van der Waals surface area contributed by atoms with E-state index in [1.54, 1.807) is 18.2 Å². The van der Waals surface area contributed by atoms with E-state index in [1.807, 2.05) is 6.07 Å². The van der Waals surface area contributed by atoms with Gasteiger partial charge in [-0.25, -0.2) is 4.39 Å². The molecule has 0 saturated heterocycles. The van der Waals surface area contributed by atoms with Crippen molar-refractivity contribution in [1.29, 1.82) is 5.26 Å². The van der Waals surface area contributed by atoms with Gasteiger partial charge in [0.05, 0.1) is 18.2 Å². The van der Waals surface area contributed by atoms with Crippen LogP contribution in [0.25, 0.3) is 11.0 Å². The number of rotatable bonds is 7. The maximum Gasteiger partial charge on any atom is 0.265 e. The van der Waals surface area contributed by atoms with Crippen LogP contribution in [0.15, 0.2) is 41.3 Å². The van der Waals surface area contributed by atoms with Crippen molar-refractivity contribution < 1.29 is 19.0 Å². The average Bonchev–Trinajstić information content (AvgIpc) is 2.72. The summed E-state index contributed by atoms with van der Waals surface area (Å²) >= 11 is 0. The monoisotopic (exact) mass is 410 g/mol. The molecule has 1 amide bonds. The Balaban J connectivity index is 1.96. The predicted molar refractivity (Wildman–Crippen MR) is 107 cm³/mol. The minimum Gasteiger partial charge on any atom is -0.505 e. The van der Waals surface area contributed by atoms with E-state index in [4.69, 9.17) is 10.00 Å². The number of carbonyl (C=O) groups excluding carboxylic acids is 1. The number of halogens is 1. The van der Waals surface area contributed by atoms with Gasteiger partial charge < -0.3 is 19.7 Å². The van der Waals surface area contributed by atoms with Crippen molar-refractivity contribution >= 4 is 16.9 Å². The molecule has 3 rings (SSSR count). The summed E-state index contributed by atoms with van der Waals surface area (Å²) < 4.78 is 18.0. The van der Waals surface area contributed by atoms with E-state index in [-0.39, 0.29) is 36.5 Å². The van der Waals surface area contributed by atoms with Gasteiger partial charge in [0.2, 0.25) is 0 Å². The number of nitriles is 1. The quantitative estimate of drug-likeness (QED) is 0.575. The summed E-state index contributed by atoms with van der Waals surface area (Å²) in [5.41, 5.74) is 0.635.